The van der Waals surface area contributed by atoms with Crippen LogP contribution in [-0.2, 0) is 11.2 Å². The van der Waals surface area contributed by atoms with E-state index in [0.29, 0.717) is 0 Å². The number of nitrogens with one attached hydrogen (secondary N) is 2. The highest BCUT2D eigenvalue weighted by Gasteiger charge is 2.22. The molecule has 2 rings (SSSR count). The van der Waals surface area contributed by atoms with Crippen molar-refractivity contribution in [2.75, 3.05) is 18.1 Å². The zero-order valence-corrected chi connectivity index (χ0v) is 10.8. The zero-order chi connectivity index (χ0) is 12.1. The predicted molar refractivity (Wildman–Crippen MR) is 69.1 cm³/mol. The van der Waals surface area contributed by atoms with E-state index in [2.05, 4.69) is 10.6 Å². The van der Waals surface area contributed by atoms with Crippen LogP contribution >= 0.6 is 11.8 Å². The van der Waals surface area contributed by atoms with Crippen LogP contribution in [0.5, 0.6) is 0 Å². The molecule has 1 aliphatic rings. The Balaban J connectivity index is 1.77. The molecule has 0 aliphatic carbocycles. The number of furan rings is 1. The van der Waals surface area contributed by atoms with Gasteiger partial charge in [-0.3, -0.25) is 4.79 Å². The predicted octanol–water partition coefficient (Wildman–Crippen LogP) is 1.03. The fourth-order valence-electron chi connectivity index (χ4n) is 1.86. The summed E-state index contributed by atoms with van der Waals surface area (Å²) in [4.78, 5) is 11.9. The maximum Gasteiger partial charge on any atom is 0.238 e. The van der Waals surface area contributed by atoms with E-state index in [4.69, 9.17) is 4.42 Å². The molecule has 5 heteroatoms. The van der Waals surface area contributed by atoms with E-state index in [1.54, 1.807) is 6.26 Å². The molecule has 2 heterocycles. The van der Waals surface area contributed by atoms with Crippen LogP contribution in [0.15, 0.2) is 22.8 Å². The van der Waals surface area contributed by atoms with Crippen LogP contribution < -0.4 is 10.6 Å². The Bertz CT molecular complexity index is 347. The summed E-state index contributed by atoms with van der Waals surface area (Å²) in [6.07, 6.45) is 2.39. The van der Waals surface area contributed by atoms with Crippen molar-refractivity contribution in [2.24, 2.45) is 0 Å². The molecule has 1 amide bonds. The average Bonchev–Trinajstić information content (AvgIpc) is 2.82. The molecule has 1 saturated heterocycles. The first-order chi connectivity index (χ1) is 8.25. The van der Waals surface area contributed by atoms with Gasteiger partial charge in [0.05, 0.1) is 12.3 Å². The minimum absolute atomic E-state index is 0.0483. The van der Waals surface area contributed by atoms with Crippen LogP contribution in [0.25, 0.3) is 0 Å². The van der Waals surface area contributed by atoms with Crippen molar-refractivity contribution in [3.63, 3.8) is 0 Å². The lowest BCUT2D eigenvalue weighted by molar-refractivity contribution is -0.123. The summed E-state index contributed by atoms with van der Waals surface area (Å²) < 4.78 is 5.26. The Morgan fingerprint density at radius 3 is 3.29 bits per heavy atom. The molecule has 0 aromatic carbocycles. The number of hydrogen-bond acceptors (Lipinski definition) is 4. The molecule has 17 heavy (non-hydrogen) atoms. The molecule has 4 nitrogen and oxygen atoms in total. The molecular weight excluding hydrogens is 236 g/mol. The molecule has 1 aromatic heterocycles. The van der Waals surface area contributed by atoms with Crippen molar-refractivity contribution in [3.05, 3.63) is 24.2 Å². The molecule has 94 valence electrons. The van der Waals surface area contributed by atoms with Gasteiger partial charge in [0.15, 0.2) is 0 Å². The lowest BCUT2D eigenvalue weighted by atomic mass is 10.2. The highest BCUT2D eigenvalue weighted by atomic mass is 32.2. The number of carbonyl (C=O) groups excluding carboxylic acids is 1. The van der Waals surface area contributed by atoms with Crippen LogP contribution in [0, 0.1) is 0 Å². The van der Waals surface area contributed by atoms with Gasteiger partial charge in [-0.25, -0.2) is 0 Å². The molecule has 0 saturated carbocycles. The van der Waals surface area contributed by atoms with Gasteiger partial charge in [0.1, 0.15) is 5.76 Å². The summed E-state index contributed by atoms with van der Waals surface area (Å²) in [7, 11) is 0. The van der Waals surface area contributed by atoms with Crippen LogP contribution in [0.1, 0.15) is 12.7 Å². The minimum Gasteiger partial charge on any atom is -0.469 e. The Morgan fingerprint density at radius 2 is 2.65 bits per heavy atom. The van der Waals surface area contributed by atoms with Crippen molar-refractivity contribution in [1.29, 1.82) is 0 Å². The van der Waals surface area contributed by atoms with E-state index in [1.807, 2.05) is 30.8 Å². The molecule has 1 fully saturated rings. The van der Waals surface area contributed by atoms with Gasteiger partial charge in [0, 0.05) is 30.5 Å². The largest absolute Gasteiger partial charge is 0.469 e. The molecule has 0 bridgehead atoms. The smallest absolute Gasteiger partial charge is 0.238 e. The molecule has 1 aliphatic heterocycles. The number of amides is 1. The first-order valence-electron chi connectivity index (χ1n) is 5.89. The fraction of sp³-hybridized carbons (Fsp3) is 0.583. The molecule has 2 atom stereocenters. The van der Waals surface area contributed by atoms with Gasteiger partial charge in [-0.15, -0.1) is 0 Å². The van der Waals surface area contributed by atoms with E-state index in [0.717, 1.165) is 30.2 Å². The first kappa shape index (κ1) is 12.5. The average molecular weight is 254 g/mol. The van der Waals surface area contributed by atoms with Crippen molar-refractivity contribution in [2.45, 2.75) is 25.4 Å². The number of thioether (sulfide) groups is 1. The standard InChI is InChI=1S/C12H18N2O2S/c1-9(7-10-3-2-5-16-10)14-12(15)11-8-17-6-4-13-11/h2-3,5,9,11,13H,4,6-8H2,1H3,(H,14,15). The van der Waals surface area contributed by atoms with Crippen LogP contribution in [-0.4, -0.2) is 36.0 Å². The fourth-order valence-corrected chi connectivity index (χ4v) is 2.79. The minimum atomic E-state index is -0.0483. The molecule has 0 radical (unpaired) electrons. The third-order valence-electron chi connectivity index (χ3n) is 2.71. The van der Waals surface area contributed by atoms with E-state index >= 15 is 0 Å². The number of rotatable bonds is 4. The second kappa shape index (κ2) is 6.12. The molecular formula is C12H18N2O2S. The number of hydrogen-bond donors (Lipinski definition) is 2. The number of carbonyl (C=O) groups is 1. The summed E-state index contributed by atoms with van der Waals surface area (Å²) >= 11 is 1.82. The second-order valence-electron chi connectivity index (χ2n) is 4.27. The quantitative estimate of drug-likeness (QED) is 0.843. The summed E-state index contributed by atoms with van der Waals surface area (Å²) in [5, 5.41) is 6.24. The van der Waals surface area contributed by atoms with E-state index in [9.17, 15) is 4.79 Å². The van der Waals surface area contributed by atoms with E-state index in [1.165, 1.54) is 0 Å². The van der Waals surface area contributed by atoms with Gasteiger partial charge in [0.2, 0.25) is 5.91 Å². The van der Waals surface area contributed by atoms with E-state index in [-0.39, 0.29) is 18.0 Å². The van der Waals surface area contributed by atoms with Crippen molar-refractivity contribution >= 4 is 17.7 Å². The second-order valence-corrected chi connectivity index (χ2v) is 5.42. The van der Waals surface area contributed by atoms with Crippen molar-refractivity contribution < 1.29 is 9.21 Å². The molecule has 2 unspecified atom stereocenters. The summed E-state index contributed by atoms with van der Waals surface area (Å²) in [6.45, 7) is 2.91. The Labute approximate surface area is 106 Å². The summed E-state index contributed by atoms with van der Waals surface area (Å²) in [5.74, 6) is 2.95. The molecule has 1 aromatic rings. The third kappa shape index (κ3) is 3.78. The van der Waals surface area contributed by atoms with Crippen LogP contribution in [0.2, 0.25) is 0 Å². The normalized spacial score (nSPS) is 22.1. The molecule has 2 N–H and O–H groups in total. The van der Waals surface area contributed by atoms with Gasteiger partial charge in [-0.2, -0.15) is 11.8 Å². The maximum absolute atomic E-state index is 11.9. The molecule has 0 spiro atoms. The maximum atomic E-state index is 11.9. The summed E-state index contributed by atoms with van der Waals surface area (Å²) in [6, 6.07) is 3.84. The van der Waals surface area contributed by atoms with Crippen LogP contribution in [0.3, 0.4) is 0 Å². The SMILES string of the molecule is CC(Cc1ccco1)NC(=O)C1CSCCN1. The van der Waals surface area contributed by atoms with Crippen LogP contribution in [0.4, 0.5) is 0 Å². The zero-order valence-electron chi connectivity index (χ0n) is 9.94. The van der Waals surface area contributed by atoms with Crippen molar-refractivity contribution in [3.8, 4) is 0 Å². The van der Waals surface area contributed by atoms with E-state index < -0.39 is 0 Å². The highest BCUT2D eigenvalue weighted by Crippen LogP contribution is 2.08. The van der Waals surface area contributed by atoms with Gasteiger partial charge in [-0.1, -0.05) is 0 Å². The topological polar surface area (TPSA) is 54.3 Å². The Morgan fingerprint density at radius 1 is 1.76 bits per heavy atom. The lowest BCUT2D eigenvalue weighted by Gasteiger charge is -2.24. The third-order valence-corrected chi connectivity index (χ3v) is 3.78. The van der Waals surface area contributed by atoms with Gasteiger partial charge in [0.25, 0.3) is 0 Å². The Kier molecular flexibility index (Phi) is 4.50. The Hall–Kier alpha value is -0.940. The monoisotopic (exact) mass is 254 g/mol. The van der Waals surface area contributed by atoms with Gasteiger partial charge >= 0.3 is 0 Å². The first-order valence-corrected chi connectivity index (χ1v) is 7.05. The highest BCUT2D eigenvalue weighted by molar-refractivity contribution is 7.99. The van der Waals surface area contributed by atoms with Gasteiger partial charge in [-0.05, 0) is 19.1 Å². The summed E-state index contributed by atoms with van der Waals surface area (Å²) in [5.41, 5.74) is 0. The van der Waals surface area contributed by atoms with Gasteiger partial charge < -0.3 is 15.1 Å². The lowest BCUT2D eigenvalue weighted by Crippen LogP contribution is -2.51. The van der Waals surface area contributed by atoms with Crippen molar-refractivity contribution in [1.82, 2.24) is 10.6 Å².